The number of aliphatic hydroxyl groups is 1. The second-order valence-corrected chi connectivity index (χ2v) is 4.83. The zero-order valence-corrected chi connectivity index (χ0v) is 12.0. The molecule has 0 fully saturated rings. The first-order chi connectivity index (χ1) is 10.2. The lowest BCUT2D eigenvalue weighted by Gasteiger charge is -2.32. The van der Waals surface area contributed by atoms with Crippen molar-refractivity contribution in [3.05, 3.63) is 29.8 Å². The Morgan fingerprint density at radius 3 is 2.64 bits per heavy atom. The molecule has 8 heteroatoms. The molecule has 0 aromatic heterocycles. The van der Waals surface area contributed by atoms with Gasteiger partial charge in [0, 0.05) is 12.1 Å². The molecule has 0 radical (unpaired) electrons. The van der Waals surface area contributed by atoms with E-state index in [0.717, 1.165) is 0 Å². The largest absolute Gasteiger partial charge is 0.496 e. The van der Waals surface area contributed by atoms with Gasteiger partial charge in [0.2, 0.25) is 0 Å². The monoisotopic (exact) mass is 316 g/mol. The highest BCUT2D eigenvalue weighted by Gasteiger charge is 2.63. The van der Waals surface area contributed by atoms with Crippen LogP contribution in [0.3, 0.4) is 0 Å². The summed E-state index contributed by atoms with van der Waals surface area (Å²) in [7, 11) is 1.30. The molecule has 22 heavy (non-hydrogen) atoms. The number of rotatable bonds is 3. The molecule has 0 aliphatic carbocycles. The summed E-state index contributed by atoms with van der Waals surface area (Å²) in [5.74, 6) is -0.960. The van der Waals surface area contributed by atoms with Crippen LogP contribution in [0.5, 0.6) is 5.75 Å². The Kier molecular flexibility index (Phi) is 4.15. The van der Waals surface area contributed by atoms with Gasteiger partial charge in [0.15, 0.2) is 0 Å². The van der Waals surface area contributed by atoms with E-state index in [-0.39, 0.29) is 28.5 Å². The van der Waals surface area contributed by atoms with Gasteiger partial charge >= 0.3 is 6.18 Å². The fourth-order valence-electron chi connectivity index (χ4n) is 2.18. The molecular weight excluding hydrogens is 301 g/mol. The van der Waals surface area contributed by atoms with E-state index in [4.69, 9.17) is 4.74 Å². The van der Waals surface area contributed by atoms with Crippen LogP contribution in [0.1, 0.15) is 30.1 Å². The van der Waals surface area contributed by atoms with E-state index in [1.54, 1.807) is 13.0 Å². The Balaban J connectivity index is 2.47. The lowest BCUT2D eigenvalue weighted by molar-refractivity contribution is -0.297. The van der Waals surface area contributed by atoms with Crippen molar-refractivity contribution in [2.24, 2.45) is 5.10 Å². The van der Waals surface area contributed by atoms with Crippen molar-refractivity contribution < 1.29 is 27.8 Å². The number of nitrogens with zero attached hydrogens (tertiary/aromatic N) is 2. The zero-order chi connectivity index (χ0) is 16.5. The second kappa shape index (κ2) is 5.60. The normalized spacial score (nSPS) is 21.7. The van der Waals surface area contributed by atoms with E-state index < -0.39 is 24.2 Å². The maximum Gasteiger partial charge on any atom is 0.438 e. The summed E-state index contributed by atoms with van der Waals surface area (Å²) in [6, 6.07) is 5.83. The van der Waals surface area contributed by atoms with E-state index >= 15 is 0 Å². The Hall–Kier alpha value is -2.09. The van der Waals surface area contributed by atoms with Crippen LogP contribution < -0.4 is 4.74 Å². The average Bonchev–Trinajstić information content (AvgIpc) is 2.84. The van der Waals surface area contributed by atoms with Gasteiger partial charge in [-0.2, -0.15) is 23.3 Å². The van der Waals surface area contributed by atoms with Crippen molar-refractivity contribution in [1.29, 1.82) is 0 Å². The highest BCUT2D eigenvalue weighted by Crippen LogP contribution is 2.41. The number of benzene rings is 1. The molecule has 1 aliphatic rings. The van der Waals surface area contributed by atoms with Gasteiger partial charge in [-0.05, 0) is 18.6 Å². The van der Waals surface area contributed by atoms with Gasteiger partial charge in [0.1, 0.15) is 5.75 Å². The Bertz CT molecular complexity index is 616. The van der Waals surface area contributed by atoms with Crippen LogP contribution in [-0.2, 0) is 0 Å². The lowest BCUT2D eigenvalue weighted by Crippen LogP contribution is -2.56. The zero-order valence-electron chi connectivity index (χ0n) is 12.0. The number of hydrazone groups is 1. The summed E-state index contributed by atoms with van der Waals surface area (Å²) >= 11 is 0. The summed E-state index contributed by atoms with van der Waals surface area (Å²) in [6.07, 6.45) is -5.58. The third kappa shape index (κ3) is 2.54. The number of hydrogen-bond donors (Lipinski definition) is 1. The van der Waals surface area contributed by atoms with Gasteiger partial charge in [0.25, 0.3) is 11.6 Å². The van der Waals surface area contributed by atoms with Crippen molar-refractivity contribution in [3.8, 4) is 5.75 Å². The Labute approximate surface area is 125 Å². The maximum absolute atomic E-state index is 13.2. The Morgan fingerprint density at radius 2 is 2.09 bits per heavy atom. The molecule has 1 aliphatic heterocycles. The van der Waals surface area contributed by atoms with Crippen molar-refractivity contribution in [2.75, 3.05) is 7.11 Å². The van der Waals surface area contributed by atoms with E-state index in [9.17, 15) is 23.1 Å². The van der Waals surface area contributed by atoms with Crippen LogP contribution in [0.2, 0.25) is 0 Å². The van der Waals surface area contributed by atoms with Gasteiger partial charge in [-0.25, -0.2) is 0 Å². The smallest absolute Gasteiger partial charge is 0.438 e. The third-order valence-corrected chi connectivity index (χ3v) is 3.43. The topological polar surface area (TPSA) is 62.1 Å². The highest BCUT2D eigenvalue weighted by atomic mass is 19.4. The first-order valence-electron chi connectivity index (χ1n) is 6.57. The van der Waals surface area contributed by atoms with E-state index in [1.807, 2.05) is 0 Å². The molecule has 1 amide bonds. The number of amides is 1. The first kappa shape index (κ1) is 16.3. The van der Waals surface area contributed by atoms with Crippen LogP contribution in [-0.4, -0.2) is 40.7 Å². The summed E-state index contributed by atoms with van der Waals surface area (Å²) in [5, 5.41) is 13.8. The van der Waals surface area contributed by atoms with Crippen LogP contribution in [0.15, 0.2) is 29.4 Å². The predicted octanol–water partition coefficient (Wildman–Crippen LogP) is 2.56. The maximum atomic E-state index is 13.2. The lowest BCUT2D eigenvalue weighted by atomic mass is 10.0. The number of alkyl halides is 3. The number of halogens is 3. The number of carbonyl (C=O) groups is 1. The summed E-state index contributed by atoms with van der Waals surface area (Å²) in [5.41, 5.74) is -3.34. The predicted molar refractivity (Wildman–Crippen MR) is 72.5 cm³/mol. The number of ether oxygens (including phenoxy) is 1. The van der Waals surface area contributed by atoms with Gasteiger partial charge in [-0.1, -0.05) is 19.1 Å². The van der Waals surface area contributed by atoms with Crippen molar-refractivity contribution in [3.63, 3.8) is 0 Å². The molecule has 1 atom stereocenters. The first-order valence-corrected chi connectivity index (χ1v) is 6.57. The number of methoxy groups -OCH3 is 1. The van der Waals surface area contributed by atoms with Gasteiger partial charge < -0.3 is 9.84 Å². The van der Waals surface area contributed by atoms with E-state index in [2.05, 4.69) is 5.10 Å². The fraction of sp³-hybridized carbons (Fsp3) is 0.429. The molecule has 5 nitrogen and oxygen atoms in total. The fourth-order valence-corrected chi connectivity index (χ4v) is 2.18. The molecule has 0 saturated carbocycles. The number of carbonyl (C=O) groups excluding carboxylic acids is 1. The van der Waals surface area contributed by atoms with Crippen molar-refractivity contribution >= 4 is 11.6 Å². The molecule has 1 aromatic rings. The minimum absolute atomic E-state index is 0.100. The molecular formula is C14H15F3N2O3. The molecule has 1 aromatic carbocycles. The van der Waals surface area contributed by atoms with Crippen LogP contribution in [0, 0.1) is 0 Å². The van der Waals surface area contributed by atoms with Gasteiger partial charge in [-0.15, -0.1) is 0 Å². The minimum Gasteiger partial charge on any atom is -0.496 e. The molecule has 0 bridgehead atoms. The summed E-state index contributed by atoms with van der Waals surface area (Å²) in [6.45, 7) is 1.60. The standard InChI is InChI=1S/C14H15F3N2O3/c1-3-9-8-13(21,14(15,16)17)19(18-9)12(20)10-6-4-5-7-11(10)22-2/h4-7,21H,3,8H2,1-2H3/t13-/m0/s1. The van der Waals surface area contributed by atoms with Gasteiger partial charge in [-0.3, -0.25) is 4.79 Å². The molecule has 0 saturated heterocycles. The number of para-hydroxylation sites is 1. The SMILES string of the molecule is CCC1=NN(C(=O)c2ccccc2OC)[C@@](O)(C(F)(F)F)C1. The molecule has 0 unspecified atom stereocenters. The van der Waals surface area contributed by atoms with Crippen LogP contribution in [0.4, 0.5) is 13.2 Å². The molecule has 1 N–H and O–H groups in total. The quantitative estimate of drug-likeness (QED) is 0.932. The molecule has 2 rings (SSSR count). The van der Waals surface area contributed by atoms with Crippen molar-refractivity contribution in [2.45, 2.75) is 31.7 Å². The molecule has 1 heterocycles. The summed E-state index contributed by atoms with van der Waals surface area (Å²) in [4.78, 5) is 12.4. The highest BCUT2D eigenvalue weighted by molar-refractivity contribution is 6.00. The summed E-state index contributed by atoms with van der Waals surface area (Å²) < 4.78 is 44.6. The van der Waals surface area contributed by atoms with Crippen LogP contribution >= 0.6 is 0 Å². The average molecular weight is 316 g/mol. The number of hydrogen-bond acceptors (Lipinski definition) is 4. The minimum atomic E-state index is -5.02. The van der Waals surface area contributed by atoms with E-state index in [1.165, 1.54) is 25.3 Å². The van der Waals surface area contributed by atoms with Crippen LogP contribution in [0.25, 0.3) is 0 Å². The third-order valence-electron chi connectivity index (χ3n) is 3.43. The van der Waals surface area contributed by atoms with Gasteiger partial charge in [0.05, 0.1) is 12.7 Å². The second-order valence-electron chi connectivity index (χ2n) is 4.83. The molecule has 0 spiro atoms. The van der Waals surface area contributed by atoms with E-state index in [0.29, 0.717) is 0 Å². The Morgan fingerprint density at radius 1 is 1.45 bits per heavy atom. The van der Waals surface area contributed by atoms with Crippen molar-refractivity contribution in [1.82, 2.24) is 5.01 Å². The molecule has 120 valence electrons.